The van der Waals surface area contributed by atoms with Crippen LogP contribution in [-0.2, 0) is 11.3 Å². The van der Waals surface area contributed by atoms with Crippen molar-refractivity contribution in [1.82, 2.24) is 10.6 Å². The lowest BCUT2D eigenvalue weighted by Crippen LogP contribution is -2.29. The summed E-state index contributed by atoms with van der Waals surface area (Å²) >= 11 is 0. The second-order valence-electron chi connectivity index (χ2n) is 6.17. The average Bonchev–Trinajstić information content (AvgIpc) is 2.71. The van der Waals surface area contributed by atoms with Gasteiger partial charge in [-0.25, -0.2) is 0 Å². The monoisotopic (exact) mass is 369 g/mol. The highest BCUT2D eigenvalue weighted by Crippen LogP contribution is 2.12. The molecule has 2 amide bonds. The first kappa shape index (κ1) is 20.3. The van der Waals surface area contributed by atoms with Gasteiger partial charge in [-0.3, -0.25) is 9.59 Å². The Labute approximate surface area is 160 Å². The molecule has 0 bridgehead atoms. The van der Waals surface area contributed by atoms with Gasteiger partial charge in [-0.05, 0) is 42.3 Å². The summed E-state index contributed by atoms with van der Waals surface area (Å²) < 4.78 is 5.11. The number of methoxy groups -OCH3 is 1. The molecule has 0 atom stereocenters. The van der Waals surface area contributed by atoms with Crippen LogP contribution in [0, 0.1) is 0 Å². The zero-order valence-electron chi connectivity index (χ0n) is 15.9. The molecule has 0 unspecified atom stereocenters. The van der Waals surface area contributed by atoms with E-state index in [9.17, 15) is 9.59 Å². The van der Waals surface area contributed by atoms with Crippen molar-refractivity contribution < 1.29 is 14.3 Å². The molecule has 0 radical (unpaired) electrons. The molecule has 0 saturated heterocycles. The highest BCUT2D eigenvalue weighted by atomic mass is 16.5. The van der Waals surface area contributed by atoms with E-state index in [0.717, 1.165) is 29.8 Å². The molecular formula is C21H27N3O3. The van der Waals surface area contributed by atoms with E-state index in [1.165, 1.54) is 0 Å². The molecule has 27 heavy (non-hydrogen) atoms. The third kappa shape index (κ3) is 7.01. The second kappa shape index (κ2) is 10.9. The van der Waals surface area contributed by atoms with Gasteiger partial charge in [-0.1, -0.05) is 31.5 Å². The van der Waals surface area contributed by atoms with Gasteiger partial charge in [-0.2, -0.15) is 0 Å². The highest BCUT2D eigenvalue weighted by Gasteiger charge is 2.06. The van der Waals surface area contributed by atoms with Crippen LogP contribution >= 0.6 is 0 Å². The number of hydrogen-bond acceptors (Lipinski definition) is 4. The van der Waals surface area contributed by atoms with Crippen LogP contribution in [0.15, 0.2) is 48.5 Å². The van der Waals surface area contributed by atoms with E-state index in [-0.39, 0.29) is 18.4 Å². The number of carbonyl (C=O) groups is 2. The lowest BCUT2D eigenvalue weighted by Gasteiger charge is -2.10. The minimum absolute atomic E-state index is 0.101. The van der Waals surface area contributed by atoms with Gasteiger partial charge < -0.3 is 20.7 Å². The van der Waals surface area contributed by atoms with E-state index < -0.39 is 0 Å². The fraction of sp³-hybridized carbons (Fsp3) is 0.333. The Hall–Kier alpha value is -3.02. The summed E-state index contributed by atoms with van der Waals surface area (Å²) in [6.07, 6.45) is 1.99. The molecule has 0 aliphatic heterocycles. The van der Waals surface area contributed by atoms with Crippen molar-refractivity contribution in [3.05, 3.63) is 59.7 Å². The van der Waals surface area contributed by atoms with Crippen LogP contribution in [0.3, 0.4) is 0 Å². The molecule has 0 aromatic heterocycles. The Morgan fingerprint density at radius 3 is 2.52 bits per heavy atom. The minimum Gasteiger partial charge on any atom is -0.497 e. The van der Waals surface area contributed by atoms with Gasteiger partial charge in [0.15, 0.2) is 0 Å². The largest absolute Gasteiger partial charge is 0.497 e. The van der Waals surface area contributed by atoms with Crippen LogP contribution in [0.4, 0.5) is 5.69 Å². The molecule has 0 aliphatic rings. The first-order valence-electron chi connectivity index (χ1n) is 9.14. The normalized spacial score (nSPS) is 10.1. The number of nitrogens with one attached hydrogen (secondary N) is 3. The maximum absolute atomic E-state index is 12.1. The fourth-order valence-electron chi connectivity index (χ4n) is 2.44. The van der Waals surface area contributed by atoms with Crippen molar-refractivity contribution in [3.63, 3.8) is 0 Å². The predicted molar refractivity (Wildman–Crippen MR) is 107 cm³/mol. The van der Waals surface area contributed by atoms with Crippen LogP contribution in [-0.4, -0.2) is 32.0 Å². The summed E-state index contributed by atoms with van der Waals surface area (Å²) in [5.41, 5.74) is 2.31. The van der Waals surface area contributed by atoms with Crippen molar-refractivity contribution in [2.24, 2.45) is 0 Å². The van der Waals surface area contributed by atoms with E-state index in [1.54, 1.807) is 25.3 Å². The average molecular weight is 369 g/mol. The first-order valence-corrected chi connectivity index (χ1v) is 9.14. The van der Waals surface area contributed by atoms with E-state index in [0.29, 0.717) is 18.7 Å². The second-order valence-corrected chi connectivity index (χ2v) is 6.17. The third-order valence-corrected chi connectivity index (χ3v) is 4.04. The molecule has 0 aliphatic carbocycles. The molecule has 0 saturated carbocycles. The molecule has 0 fully saturated rings. The highest BCUT2D eigenvalue weighted by molar-refractivity contribution is 5.95. The molecule has 6 heteroatoms. The number of amides is 2. The predicted octanol–water partition coefficient (Wildman–Crippen LogP) is 2.95. The number of unbranched alkanes of at least 4 members (excludes halogenated alkanes) is 1. The van der Waals surface area contributed by atoms with Gasteiger partial charge in [0.2, 0.25) is 5.91 Å². The summed E-state index contributed by atoms with van der Waals surface area (Å²) in [5.74, 6) is 0.560. The lowest BCUT2D eigenvalue weighted by molar-refractivity contribution is -0.119. The Morgan fingerprint density at radius 2 is 1.81 bits per heavy atom. The first-order chi connectivity index (χ1) is 13.1. The van der Waals surface area contributed by atoms with Crippen LogP contribution in [0.1, 0.15) is 35.7 Å². The number of carbonyl (C=O) groups excluding carboxylic acids is 2. The SMILES string of the molecule is CCCCNC(=O)c1cccc(NCC(=O)NCc2ccc(OC)cc2)c1. The van der Waals surface area contributed by atoms with Crippen molar-refractivity contribution in [2.75, 3.05) is 25.5 Å². The summed E-state index contributed by atoms with van der Waals surface area (Å²) in [7, 11) is 1.62. The Kier molecular flexibility index (Phi) is 8.16. The number of benzene rings is 2. The number of rotatable bonds is 10. The van der Waals surface area contributed by atoms with Gasteiger partial charge in [0, 0.05) is 24.3 Å². The van der Waals surface area contributed by atoms with E-state index >= 15 is 0 Å². The quantitative estimate of drug-likeness (QED) is 0.563. The van der Waals surface area contributed by atoms with Gasteiger partial charge in [0.05, 0.1) is 13.7 Å². The molecule has 2 aromatic carbocycles. The smallest absolute Gasteiger partial charge is 0.251 e. The Morgan fingerprint density at radius 1 is 1.04 bits per heavy atom. The third-order valence-electron chi connectivity index (χ3n) is 4.04. The summed E-state index contributed by atoms with van der Waals surface area (Å²) in [6, 6.07) is 14.7. The fourth-order valence-corrected chi connectivity index (χ4v) is 2.44. The van der Waals surface area contributed by atoms with E-state index in [2.05, 4.69) is 22.9 Å². The van der Waals surface area contributed by atoms with Gasteiger partial charge in [0.1, 0.15) is 5.75 Å². The van der Waals surface area contributed by atoms with Crippen LogP contribution < -0.4 is 20.7 Å². The molecule has 0 heterocycles. The topological polar surface area (TPSA) is 79.5 Å². The van der Waals surface area contributed by atoms with Gasteiger partial charge in [0.25, 0.3) is 5.91 Å². The van der Waals surface area contributed by atoms with Crippen molar-refractivity contribution >= 4 is 17.5 Å². The summed E-state index contributed by atoms with van der Waals surface area (Å²) in [4.78, 5) is 24.1. The molecular weight excluding hydrogens is 342 g/mol. The molecule has 0 spiro atoms. The van der Waals surface area contributed by atoms with Crippen molar-refractivity contribution in [3.8, 4) is 5.75 Å². The minimum atomic E-state index is -0.122. The maximum Gasteiger partial charge on any atom is 0.251 e. The standard InChI is InChI=1S/C21H27N3O3/c1-3-4-12-22-21(26)17-6-5-7-18(13-17)23-15-20(25)24-14-16-8-10-19(27-2)11-9-16/h5-11,13,23H,3-4,12,14-15H2,1-2H3,(H,22,26)(H,24,25). The van der Waals surface area contributed by atoms with Crippen LogP contribution in [0.25, 0.3) is 0 Å². The Balaban J connectivity index is 1.78. The number of hydrogen-bond donors (Lipinski definition) is 3. The maximum atomic E-state index is 12.1. The molecule has 144 valence electrons. The van der Waals surface area contributed by atoms with Gasteiger partial charge in [-0.15, -0.1) is 0 Å². The summed E-state index contributed by atoms with van der Waals surface area (Å²) in [5, 5.41) is 8.79. The number of ether oxygens (including phenoxy) is 1. The Bertz CT molecular complexity index is 745. The van der Waals surface area contributed by atoms with E-state index in [1.807, 2.05) is 30.3 Å². The summed E-state index contributed by atoms with van der Waals surface area (Å²) in [6.45, 7) is 3.33. The zero-order valence-corrected chi connectivity index (χ0v) is 15.9. The van der Waals surface area contributed by atoms with Gasteiger partial charge >= 0.3 is 0 Å². The zero-order chi connectivity index (χ0) is 19.5. The van der Waals surface area contributed by atoms with Crippen molar-refractivity contribution in [2.45, 2.75) is 26.3 Å². The number of anilines is 1. The molecule has 2 rings (SSSR count). The van der Waals surface area contributed by atoms with Crippen molar-refractivity contribution in [1.29, 1.82) is 0 Å². The van der Waals surface area contributed by atoms with E-state index in [4.69, 9.17) is 4.74 Å². The molecule has 3 N–H and O–H groups in total. The molecule has 2 aromatic rings. The van der Waals surface area contributed by atoms with Crippen LogP contribution in [0.5, 0.6) is 5.75 Å². The lowest BCUT2D eigenvalue weighted by atomic mass is 10.2. The van der Waals surface area contributed by atoms with Crippen LogP contribution in [0.2, 0.25) is 0 Å². The molecule has 6 nitrogen and oxygen atoms in total.